The van der Waals surface area contributed by atoms with Crippen molar-refractivity contribution in [3.63, 3.8) is 0 Å². The first kappa shape index (κ1) is 12.8. The molecule has 0 spiro atoms. The molecule has 0 radical (unpaired) electrons. The van der Waals surface area contributed by atoms with Gasteiger partial charge in [-0.05, 0) is 18.2 Å². The highest BCUT2D eigenvalue weighted by molar-refractivity contribution is 5.87. The third kappa shape index (κ3) is 2.62. The monoisotopic (exact) mass is 260 g/mol. The molecule has 98 valence electrons. The fourth-order valence-corrected chi connectivity index (χ4v) is 1.57. The Labute approximate surface area is 109 Å². The zero-order chi connectivity index (χ0) is 13.8. The van der Waals surface area contributed by atoms with Crippen molar-refractivity contribution in [2.75, 3.05) is 14.2 Å². The first-order valence-electron chi connectivity index (χ1n) is 5.43. The van der Waals surface area contributed by atoms with Gasteiger partial charge in [0, 0.05) is 12.4 Å². The van der Waals surface area contributed by atoms with Crippen molar-refractivity contribution in [2.45, 2.75) is 0 Å². The predicted octanol–water partition coefficient (Wildman–Crippen LogP) is 1.86. The van der Waals surface area contributed by atoms with Gasteiger partial charge in [-0.2, -0.15) is 0 Å². The van der Waals surface area contributed by atoms with E-state index < -0.39 is 5.97 Å². The summed E-state index contributed by atoms with van der Waals surface area (Å²) in [7, 11) is 3.09. The summed E-state index contributed by atoms with van der Waals surface area (Å²) in [5.74, 6) is 0.537. The number of ether oxygens (including phenoxy) is 2. The first-order chi connectivity index (χ1) is 9.15. The second kappa shape index (κ2) is 5.34. The number of methoxy groups -OCH3 is 2. The molecule has 6 heteroatoms. The highest BCUT2D eigenvalue weighted by Crippen LogP contribution is 2.30. The Morgan fingerprint density at radius 3 is 2.37 bits per heavy atom. The predicted molar refractivity (Wildman–Crippen MR) is 67.5 cm³/mol. The van der Waals surface area contributed by atoms with Crippen LogP contribution >= 0.6 is 0 Å². The largest absolute Gasteiger partial charge is 0.497 e. The molecule has 0 aliphatic carbocycles. The Morgan fingerprint density at radius 1 is 1.16 bits per heavy atom. The quantitative estimate of drug-likeness (QED) is 0.903. The van der Waals surface area contributed by atoms with Crippen molar-refractivity contribution in [1.82, 2.24) is 9.97 Å². The van der Waals surface area contributed by atoms with E-state index >= 15 is 0 Å². The van der Waals surface area contributed by atoms with Gasteiger partial charge in [0.05, 0.1) is 25.3 Å². The van der Waals surface area contributed by atoms with Crippen LogP contribution in [0.3, 0.4) is 0 Å². The summed E-state index contributed by atoms with van der Waals surface area (Å²) in [6.07, 6.45) is 2.51. The van der Waals surface area contributed by atoms with Crippen molar-refractivity contribution >= 4 is 5.97 Å². The van der Waals surface area contributed by atoms with E-state index in [4.69, 9.17) is 14.6 Å². The van der Waals surface area contributed by atoms with Gasteiger partial charge < -0.3 is 14.6 Å². The van der Waals surface area contributed by atoms with Gasteiger partial charge in [-0.1, -0.05) is 0 Å². The molecule has 1 heterocycles. The maximum atomic E-state index is 10.7. The SMILES string of the molecule is COc1ccc(OC)c(-c2ncc(C(=O)O)cn2)c1. The Morgan fingerprint density at radius 2 is 1.84 bits per heavy atom. The van der Waals surface area contributed by atoms with Crippen LogP contribution in [-0.2, 0) is 0 Å². The first-order valence-corrected chi connectivity index (χ1v) is 5.43. The molecule has 0 saturated carbocycles. The van der Waals surface area contributed by atoms with Crippen LogP contribution in [0.25, 0.3) is 11.4 Å². The van der Waals surface area contributed by atoms with Gasteiger partial charge in [-0.15, -0.1) is 0 Å². The Kier molecular flexibility index (Phi) is 3.61. The van der Waals surface area contributed by atoms with E-state index in [1.54, 1.807) is 25.3 Å². The van der Waals surface area contributed by atoms with Gasteiger partial charge in [0.2, 0.25) is 0 Å². The molecule has 19 heavy (non-hydrogen) atoms. The van der Waals surface area contributed by atoms with Crippen LogP contribution in [0.15, 0.2) is 30.6 Å². The molecule has 0 saturated heterocycles. The lowest BCUT2D eigenvalue weighted by atomic mass is 10.1. The van der Waals surface area contributed by atoms with Gasteiger partial charge in [0.15, 0.2) is 5.82 Å². The third-order valence-corrected chi connectivity index (χ3v) is 2.55. The Bertz CT molecular complexity index is 596. The highest BCUT2D eigenvalue weighted by atomic mass is 16.5. The fraction of sp³-hybridized carbons (Fsp3) is 0.154. The van der Waals surface area contributed by atoms with E-state index in [0.29, 0.717) is 22.9 Å². The molecule has 2 rings (SSSR count). The zero-order valence-electron chi connectivity index (χ0n) is 10.5. The average Bonchev–Trinajstić information content (AvgIpc) is 2.46. The molecule has 2 aromatic rings. The molecule has 1 N–H and O–H groups in total. The van der Waals surface area contributed by atoms with E-state index in [1.807, 2.05) is 0 Å². The summed E-state index contributed by atoms with van der Waals surface area (Å²) in [4.78, 5) is 18.8. The van der Waals surface area contributed by atoms with Crippen molar-refractivity contribution < 1.29 is 19.4 Å². The van der Waals surface area contributed by atoms with Crippen LogP contribution in [0.4, 0.5) is 0 Å². The summed E-state index contributed by atoms with van der Waals surface area (Å²) in [6.45, 7) is 0. The maximum Gasteiger partial charge on any atom is 0.338 e. The number of hydrogen-bond acceptors (Lipinski definition) is 5. The zero-order valence-corrected chi connectivity index (χ0v) is 10.5. The van der Waals surface area contributed by atoms with Crippen LogP contribution in [0, 0.1) is 0 Å². The number of rotatable bonds is 4. The van der Waals surface area contributed by atoms with Gasteiger partial charge in [-0.25, -0.2) is 14.8 Å². The van der Waals surface area contributed by atoms with Gasteiger partial charge >= 0.3 is 5.97 Å². The molecule has 0 bridgehead atoms. The molecule has 0 fully saturated rings. The maximum absolute atomic E-state index is 10.7. The number of nitrogens with zero attached hydrogens (tertiary/aromatic N) is 2. The summed E-state index contributed by atoms with van der Waals surface area (Å²) < 4.78 is 10.4. The minimum absolute atomic E-state index is 0.0330. The molecular formula is C13H12N2O4. The number of aromatic nitrogens is 2. The summed E-state index contributed by atoms with van der Waals surface area (Å²) in [5.41, 5.74) is 0.671. The van der Waals surface area contributed by atoms with Crippen molar-refractivity contribution in [3.05, 3.63) is 36.2 Å². The summed E-state index contributed by atoms with van der Waals surface area (Å²) in [6, 6.07) is 5.23. The van der Waals surface area contributed by atoms with E-state index in [-0.39, 0.29) is 5.56 Å². The second-order valence-electron chi connectivity index (χ2n) is 3.67. The van der Waals surface area contributed by atoms with E-state index in [2.05, 4.69) is 9.97 Å². The lowest BCUT2D eigenvalue weighted by molar-refractivity contribution is 0.0696. The number of carboxylic acids is 1. The van der Waals surface area contributed by atoms with E-state index in [0.717, 1.165) is 0 Å². The molecule has 1 aromatic carbocycles. The van der Waals surface area contributed by atoms with Crippen molar-refractivity contribution in [2.24, 2.45) is 0 Å². The van der Waals surface area contributed by atoms with Crippen LogP contribution in [0.1, 0.15) is 10.4 Å². The minimum Gasteiger partial charge on any atom is -0.497 e. The van der Waals surface area contributed by atoms with Gasteiger partial charge in [0.25, 0.3) is 0 Å². The highest BCUT2D eigenvalue weighted by Gasteiger charge is 2.11. The number of aromatic carboxylic acids is 1. The molecule has 6 nitrogen and oxygen atoms in total. The number of hydrogen-bond donors (Lipinski definition) is 1. The van der Waals surface area contributed by atoms with Gasteiger partial charge in [0.1, 0.15) is 11.5 Å². The lowest BCUT2D eigenvalue weighted by Crippen LogP contribution is -2.00. The molecular weight excluding hydrogens is 248 g/mol. The average molecular weight is 260 g/mol. The topological polar surface area (TPSA) is 81.5 Å². The van der Waals surface area contributed by atoms with E-state index in [9.17, 15) is 4.79 Å². The fourth-order valence-electron chi connectivity index (χ4n) is 1.57. The summed E-state index contributed by atoms with van der Waals surface area (Å²) >= 11 is 0. The van der Waals surface area contributed by atoms with Crippen molar-refractivity contribution in [3.8, 4) is 22.9 Å². The van der Waals surface area contributed by atoms with Crippen LogP contribution in [-0.4, -0.2) is 35.3 Å². The third-order valence-electron chi connectivity index (χ3n) is 2.55. The number of carboxylic acid groups (broad SMARTS) is 1. The number of carbonyl (C=O) groups is 1. The molecule has 1 aromatic heterocycles. The second-order valence-corrected chi connectivity index (χ2v) is 3.67. The Balaban J connectivity index is 2.47. The van der Waals surface area contributed by atoms with Crippen LogP contribution < -0.4 is 9.47 Å². The minimum atomic E-state index is -1.07. The molecule has 0 aliphatic rings. The smallest absolute Gasteiger partial charge is 0.338 e. The normalized spacial score (nSPS) is 10.0. The number of benzene rings is 1. The van der Waals surface area contributed by atoms with Crippen LogP contribution in [0.5, 0.6) is 11.5 Å². The Hall–Kier alpha value is -2.63. The van der Waals surface area contributed by atoms with Crippen LogP contribution in [0.2, 0.25) is 0 Å². The molecule has 0 amide bonds. The molecule has 0 aliphatic heterocycles. The lowest BCUT2D eigenvalue weighted by Gasteiger charge is -2.09. The molecule has 0 unspecified atom stereocenters. The van der Waals surface area contributed by atoms with Crippen molar-refractivity contribution in [1.29, 1.82) is 0 Å². The molecule has 0 atom stereocenters. The summed E-state index contributed by atoms with van der Waals surface area (Å²) in [5, 5.41) is 8.80. The standard InChI is InChI=1S/C13H12N2O4/c1-18-9-3-4-11(19-2)10(5-9)12-14-6-8(7-15-12)13(16)17/h3-7H,1-2H3,(H,16,17). The van der Waals surface area contributed by atoms with E-state index in [1.165, 1.54) is 19.5 Å². The van der Waals surface area contributed by atoms with Gasteiger partial charge in [-0.3, -0.25) is 0 Å².